The van der Waals surface area contributed by atoms with Crippen molar-refractivity contribution in [1.29, 1.82) is 0 Å². The lowest BCUT2D eigenvalue weighted by Crippen LogP contribution is -2.39. The van der Waals surface area contributed by atoms with Gasteiger partial charge in [0, 0.05) is 31.3 Å². The summed E-state index contributed by atoms with van der Waals surface area (Å²) >= 11 is 0. The van der Waals surface area contributed by atoms with Crippen molar-refractivity contribution in [1.82, 2.24) is 10.2 Å². The van der Waals surface area contributed by atoms with Crippen molar-refractivity contribution in [3.63, 3.8) is 0 Å². The van der Waals surface area contributed by atoms with Crippen LogP contribution in [0.25, 0.3) is 0 Å². The summed E-state index contributed by atoms with van der Waals surface area (Å²) in [6.07, 6.45) is -4.88. The van der Waals surface area contributed by atoms with Crippen molar-refractivity contribution in [2.75, 3.05) is 20.2 Å². The molecule has 6 nitrogen and oxygen atoms in total. The van der Waals surface area contributed by atoms with E-state index in [2.05, 4.69) is 10.1 Å². The first-order valence-electron chi connectivity index (χ1n) is 9.39. The molecule has 30 heavy (non-hydrogen) atoms. The molecule has 1 heterocycles. The van der Waals surface area contributed by atoms with E-state index in [1.807, 2.05) is 30.0 Å². The molecule has 1 amide bonds. The van der Waals surface area contributed by atoms with Gasteiger partial charge in [0.05, 0.1) is 13.7 Å². The molecule has 1 N–H and O–H groups in total. The number of alkyl halides is 3. The van der Waals surface area contributed by atoms with Gasteiger partial charge in [0.15, 0.2) is 0 Å². The number of carbonyl (C=O) groups is 1. The molecule has 0 bridgehead atoms. The number of methoxy groups -OCH3 is 1. The van der Waals surface area contributed by atoms with Crippen LogP contribution >= 0.6 is 0 Å². The molecule has 0 aliphatic carbocycles. The topological polar surface area (TPSA) is 60.0 Å². The van der Waals surface area contributed by atoms with Crippen molar-refractivity contribution in [2.45, 2.75) is 32.5 Å². The molecule has 9 heteroatoms. The molecule has 1 aliphatic heterocycles. The zero-order chi connectivity index (χ0) is 21.7. The second-order valence-electron chi connectivity index (χ2n) is 7.04. The van der Waals surface area contributed by atoms with Gasteiger partial charge in [-0.05, 0) is 30.7 Å². The van der Waals surface area contributed by atoms with Crippen LogP contribution in [-0.2, 0) is 17.9 Å². The quantitative estimate of drug-likeness (QED) is 0.769. The molecule has 2 aromatic rings. The van der Waals surface area contributed by atoms with Gasteiger partial charge in [0.2, 0.25) is 5.91 Å². The zero-order valence-electron chi connectivity index (χ0n) is 16.7. The molecule has 2 aromatic carbocycles. The van der Waals surface area contributed by atoms with Crippen LogP contribution in [0, 0.1) is 0 Å². The second kappa shape index (κ2) is 9.25. The minimum absolute atomic E-state index is 0.0988. The summed E-state index contributed by atoms with van der Waals surface area (Å²) in [4.78, 5) is 14.4. The van der Waals surface area contributed by atoms with Crippen molar-refractivity contribution in [3.05, 3.63) is 53.6 Å². The normalized spacial score (nSPS) is 16.8. The number of rotatable bonds is 6. The Morgan fingerprint density at radius 3 is 2.77 bits per heavy atom. The fourth-order valence-electron chi connectivity index (χ4n) is 3.26. The lowest BCUT2D eigenvalue weighted by Gasteiger charge is -2.21. The average Bonchev–Trinajstić information content (AvgIpc) is 2.81. The van der Waals surface area contributed by atoms with Crippen LogP contribution in [0.15, 0.2) is 42.5 Å². The van der Waals surface area contributed by atoms with E-state index in [0.717, 1.165) is 11.3 Å². The van der Waals surface area contributed by atoms with E-state index < -0.39 is 6.36 Å². The number of amides is 1. The summed E-state index contributed by atoms with van der Waals surface area (Å²) in [6, 6.07) is 11.1. The Morgan fingerprint density at radius 2 is 2.03 bits per heavy atom. The van der Waals surface area contributed by atoms with E-state index >= 15 is 0 Å². The molecule has 1 atom stereocenters. The van der Waals surface area contributed by atoms with E-state index in [9.17, 15) is 18.0 Å². The summed E-state index contributed by atoms with van der Waals surface area (Å²) in [5.41, 5.74) is 1.46. The van der Waals surface area contributed by atoms with Crippen LogP contribution in [0.1, 0.15) is 18.1 Å². The van der Waals surface area contributed by atoms with Crippen molar-refractivity contribution in [2.24, 2.45) is 0 Å². The third kappa shape index (κ3) is 6.28. The maximum atomic E-state index is 12.4. The highest BCUT2D eigenvalue weighted by Gasteiger charge is 2.31. The van der Waals surface area contributed by atoms with E-state index in [0.29, 0.717) is 24.4 Å². The molecule has 3 rings (SSSR count). The van der Waals surface area contributed by atoms with Crippen LogP contribution in [0.4, 0.5) is 13.2 Å². The van der Waals surface area contributed by atoms with Gasteiger partial charge < -0.3 is 19.5 Å². The van der Waals surface area contributed by atoms with Gasteiger partial charge in [-0.15, -0.1) is 13.2 Å². The SMILES string of the molecule is COc1ccc2c(c1)O[C@H](C)CN(CC(=O)NCc1cccc(OC(F)(F)F)c1)C2. The lowest BCUT2D eigenvalue weighted by atomic mass is 10.2. The maximum Gasteiger partial charge on any atom is 0.573 e. The van der Waals surface area contributed by atoms with Crippen LogP contribution in [-0.4, -0.2) is 43.5 Å². The predicted octanol–water partition coefficient (Wildman–Crippen LogP) is 3.49. The Morgan fingerprint density at radius 1 is 1.23 bits per heavy atom. The van der Waals surface area contributed by atoms with E-state index in [1.54, 1.807) is 13.2 Å². The first kappa shape index (κ1) is 21.8. The van der Waals surface area contributed by atoms with E-state index in [-0.39, 0.29) is 30.9 Å². The lowest BCUT2D eigenvalue weighted by molar-refractivity contribution is -0.274. The number of benzene rings is 2. The molecule has 0 fully saturated rings. The van der Waals surface area contributed by atoms with E-state index in [1.165, 1.54) is 18.2 Å². The number of nitrogens with zero attached hydrogens (tertiary/aromatic N) is 1. The summed E-state index contributed by atoms with van der Waals surface area (Å²) in [7, 11) is 1.59. The first-order chi connectivity index (χ1) is 14.2. The predicted molar refractivity (Wildman–Crippen MR) is 103 cm³/mol. The van der Waals surface area contributed by atoms with Gasteiger partial charge in [-0.2, -0.15) is 0 Å². The average molecular weight is 424 g/mol. The fourth-order valence-corrected chi connectivity index (χ4v) is 3.26. The smallest absolute Gasteiger partial charge is 0.497 e. The van der Waals surface area contributed by atoms with Gasteiger partial charge in [0.1, 0.15) is 23.4 Å². The summed E-state index contributed by atoms with van der Waals surface area (Å²) in [6.45, 7) is 3.25. The Balaban J connectivity index is 1.57. The summed E-state index contributed by atoms with van der Waals surface area (Å²) in [5.74, 6) is 0.871. The highest BCUT2D eigenvalue weighted by molar-refractivity contribution is 5.78. The molecule has 0 aromatic heterocycles. The first-order valence-corrected chi connectivity index (χ1v) is 9.39. The van der Waals surface area contributed by atoms with Gasteiger partial charge in [-0.25, -0.2) is 0 Å². The largest absolute Gasteiger partial charge is 0.573 e. The summed E-state index contributed by atoms with van der Waals surface area (Å²) in [5, 5.41) is 2.74. The number of halogens is 3. The molecular weight excluding hydrogens is 401 g/mol. The highest BCUT2D eigenvalue weighted by atomic mass is 19.4. The molecule has 162 valence electrons. The minimum Gasteiger partial charge on any atom is -0.497 e. The summed E-state index contributed by atoms with van der Waals surface area (Å²) < 4.78 is 52.1. The number of hydrogen-bond donors (Lipinski definition) is 1. The van der Waals surface area contributed by atoms with Gasteiger partial charge in [0.25, 0.3) is 0 Å². The third-order valence-corrected chi connectivity index (χ3v) is 4.50. The van der Waals surface area contributed by atoms with Gasteiger partial charge >= 0.3 is 6.36 Å². The molecule has 0 spiro atoms. The Labute approximate surface area is 172 Å². The Hall–Kier alpha value is -2.94. The highest BCUT2D eigenvalue weighted by Crippen LogP contribution is 2.29. The van der Waals surface area contributed by atoms with Crippen LogP contribution in [0.3, 0.4) is 0 Å². The standard InChI is InChI=1S/C21H23F3N2O4/c1-14-11-26(12-16-6-7-17(28-2)9-19(16)29-14)13-20(27)25-10-15-4-3-5-18(8-15)30-21(22,23)24/h3-9,14H,10-13H2,1-2H3,(H,25,27)/t14-/m1/s1. The minimum atomic E-state index is -4.76. The molecule has 0 saturated heterocycles. The number of carbonyl (C=O) groups excluding carboxylic acids is 1. The van der Waals surface area contributed by atoms with Crippen molar-refractivity contribution >= 4 is 5.91 Å². The third-order valence-electron chi connectivity index (χ3n) is 4.50. The van der Waals surface area contributed by atoms with Crippen LogP contribution < -0.4 is 19.5 Å². The fraction of sp³-hybridized carbons (Fsp3) is 0.381. The number of hydrogen-bond acceptors (Lipinski definition) is 5. The van der Waals surface area contributed by atoms with E-state index in [4.69, 9.17) is 9.47 Å². The zero-order valence-corrected chi connectivity index (χ0v) is 16.7. The van der Waals surface area contributed by atoms with Crippen molar-refractivity contribution < 1.29 is 32.2 Å². The monoisotopic (exact) mass is 424 g/mol. The molecule has 0 unspecified atom stereocenters. The molecule has 0 radical (unpaired) electrons. The van der Waals surface area contributed by atoms with Crippen molar-refractivity contribution in [3.8, 4) is 17.2 Å². The molecule has 0 saturated carbocycles. The maximum absolute atomic E-state index is 12.4. The molecule has 1 aliphatic rings. The Kier molecular flexibility index (Phi) is 6.71. The number of fused-ring (bicyclic) bond motifs is 1. The Bertz CT molecular complexity index is 889. The number of nitrogens with one attached hydrogen (secondary N) is 1. The number of ether oxygens (including phenoxy) is 3. The van der Waals surface area contributed by atoms with Gasteiger partial charge in [-0.3, -0.25) is 9.69 Å². The van der Waals surface area contributed by atoms with Gasteiger partial charge in [-0.1, -0.05) is 18.2 Å². The second-order valence-corrected chi connectivity index (χ2v) is 7.04. The molecular formula is C21H23F3N2O4. The van der Waals surface area contributed by atoms with Crippen LogP contribution in [0.5, 0.6) is 17.2 Å². The van der Waals surface area contributed by atoms with Crippen LogP contribution in [0.2, 0.25) is 0 Å².